The minimum atomic E-state index is 0.822. The highest BCUT2D eigenvalue weighted by molar-refractivity contribution is 5.12. The summed E-state index contributed by atoms with van der Waals surface area (Å²) in [7, 11) is 0. The highest BCUT2D eigenvalue weighted by atomic mass is 15.1. The number of rotatable bonds is 0. The van der Waals surface area contributed by atoms with Gasteiger partial charge in [0.25, 0.3) is 0 Å². The van der Waals surface area contributed by atoms with Gasteiger partial charge in [0.1, 0.15) is 18.0 Å². The summed E-state index contributed by atoms with van der Waals surface area (Å²) < 4.78 is 0. The van der Waals surface area contributed by atoms with E-state index in [4.69, 9.17) is 0 Å². The number of aromatic nitrogens is 14. The number of benzene rings is 1. The van der Waals surface area contributed by atoms with E-state index in [9.17, 15) is 0 Å². The van der Waals surface area contributed by atoms with Crippen LogP contribution in [0.5, 0.6) is 0 Å². The van der Waals surface area contributed by atoms with Crippen LogP contribution in [0, 0.1) is 69.2 Å². The molecule has 0 atom stereocenters. The molecular weight excluding hydrogens is 869 g/mol. The Morgan fingerprint density at radius 1 is 0.243 bits per heavy atom. The van der Waals surface area contributed by atoms with Gasteiger partial charge in [-0.05, 0) is 147 Å². The molecule has 0 amide bonds. The molecule has 10 rings (SSSR count). The predicted molar refractivity (Wildman–Crippen MR) is 281 cm³/mol. The summed E-state index contributed by atoms with van der Waals surface area (Å²) in [4.78, 5) is 46.5. The summed E-state index contributed by atoms with van der Waals surface area (Å²) in [5.74, 6) is 1.64. The van der Waals surface area contributed by atoms with E-state index in [0.717, 1.165) is 40.0 Å². The summed E-state index contributed by atoms with van der Waals surface area (Å²) in [6, 6.07) is 37.2. The zero-order valence-electron chi connectivity index (χ0n) is 42.0. The third-order valence-electron chi connectivity index (χ3n) is 7.66. The highest BCUT2D eigenvalue weighted by Crippen LogP contribution is 1.93. The average Bonchev–Trinajstić information content (AvgIpc) is 3.38. The Hall–Kier alpha value is -8.78. The Labute approximate surface area is 415 Å². The molecule has 0 saturated carbocycles. The molecule has 0 spiro atoms. The van der Waals surface area contributed by atoms with Crippen LogP contribution in [0.3, 0.4) is 0 Å². The molecule has 0 aliphatic carbocycles. The first-order chi connectivity index (χ1) is 33.9. The van der Waals surface area contributed by atoms with Gasteiger partial charge in [0, 0.05) is 111 Å². The van der Waals surface area contributed by atoms with Crippen molar-refractivity contribution < 1.29 is 0 Å². The number of pyridine rings is 4. The SMILES string of the molecule is Cc1ccccc1.Cc1ccccn1.Cc1ccccn1.Cc1cccnc1.Cc1cccnc1.Cc1cccnn1.Cc1cnccn1.Cc1cncnc1.Cc1ncccn1.Cc1ncccn1. The van der Waals surface area contributed by atoms with Crippen LogP contribution >= 0.6 is 0 Å². The largest absolute Gasteiger partial charge is 0.264 e. The lowest BCUT2D eigenvalue weighted by Gasteiger charge is -1.82. The molecular formula is C56H66N14. The molecule has 0 N–H and O–H groups in total. The van der Waals surface area contributed by atoms with Crippen molar-refractivity contribution in [3.8, 4) is 0 Å². The normalized spacial score (nSPS) is 8.71. The smallest absolute Gasteiger partial charge is 0.125 e. The topological polar surface area (TPSA) is 180 Å². The molecule has 70 heavy (non-hydrogen) atoms. The second-order valence-corrected chi connectivity index (χ2v) is 14.4. The standard InChI is InChI=1S/C7H8.4C6H7N.5C5H6N2/c1-7-5-3-2-4-6-7;2*1-6-3-2-4-7-5-6;2*1-6-4-2-3-5-7-6;1-5-2-6-4-7-3-5;1-5-4-6-2-3-7-5;2*1-5-6-3-2-4-7-5;1-5-3-2-4-6-7-5/h2-6H,1H3;4*2-5H,1H3;5*2-4H,1H3. The van der Waals surface area contributed by atoms with Crippen LogP contribution in [-0.4, -0.2) is 70.0 Å². The molecule has 9 heterocycles. The fourth-order valence-corrected chi connectivity index (χ4v) is 4.20. The van der Waals surface area contributed by atoms with E-state index < -0.39 is 0 Å². The molecule has 360 valence electrons. The third kappa shape index (κ3) is 39.6. The van der Waals surface area contributed by atoms with Crippen molar-refractivity contribution in [2.45, 2.75) is 69.2 Å². The second-order valence-electron chi connectivity index (χ2n) is 14.4. The molecule has 0 unspecified atom stereocenters. The Balaban J connectivity index is 0.000000389. The van der Waals surface area contributed by atoms with Crippen LogP contribution in [0.25, 0.3) is 0 Å². The maximum Gasteiger partial charge on any atom is 0.125 e. The Morgan fingerprint density at radius 3 is 0.843 bits per heavy atom. The lowest BCUT2D eigenvalue weighted by Crippen LogP contribution is -1.80. The summed E-state index contributed by atoms with van der Waals surface area (Å²) in [5.41, 5.74) is 8.91. The van der Waals surface area contributed by atoms with Crippen LogP contribution in [0.4, 0.5) is 0 Å². The van der Waals surface area contributed by atoms with E-state index in [2.05, 4.69) is 89.1 Å². The Morgan fingerprint density at radius 2 is 0.643 bits per heavy atom. The van der Waals surface area contributed by atoms with Gasteiger partial charge in [0.15, 0.2) is 0 Å². The van der Waals surface area contributed by atoms with Gasteiger partial charge < -0.3 is 0 Å². The van der Waals surface area contributed by atoms with E-state index in [1.54, 1.807) is 98.9 Å². The van der Waals surface area contributed by atoms with Gasteiger partial charge in [0.05, 0.1) is 11.4 Å². The van der Waals surface area contributed by atoms with Crippen molar-refractivity contribution in [2.24, 2.45) is 0 Å². The van der Waals surface area contributed by atoms with E-state index >= 15 is 0 Å². The first-order valence-corrected chi connectivity index (χ1v) is 22.1. The summed E-state index contributed by atoms with van der Waals surface area (Å²) >= 11 is 0. The van der Waals surface area contributed by atoms with Crippen molar-refractivity contribution in [3.63, 3.8) is 0 Å². The molecule has 0 radical (unpaired) electrons. The zero-order chi connectivity index (χ0) is 51.1. The van der Waals surface area contributed by atoms with Crippen LogP contribution < -0.4 is 0 Å². The Kier molecular flexibility index (Phi) is 35.2. The lowest BCUT2D eigenvalue weighted by molar-refractivity contribution is 0.980. The summed E-state index contributed by atoms with van der Waals surface area (Å²) in [6.45, 7) is 19.6. The van der Waals surface area contributed by atoms with Gasteiger partial charge in [-0.3, -0.25) is 29.9 Å². The molecule has 0 bridgehead atoms. The minimum Gasteiger partial charge on any atom is -0.264 e. The van der Waals surface area contributed by atoms with Crippen molar-refractivity contribution in [1.29, 1.82) is 0 Å². The first kappa shape index (κ1) is 59.2. The fourth-order valence-electron chi connectivity index (χ4n) is 4.20. The molecule has 0 aliphatic rings. The monoisotopic (exact) mass is 935 g/mol. The van der Waals surface area contributed by atoms with Gasteiger partial charge in [0.2, 0.25) is 0 Å². The third-order valence-corrected chi connectivity index (χ3v) is 7.66. The molecule has 10 aromatic rings. The van der Waals surface area contributed by atoms with Crippen LogP contribution in [0.15, 0.2) is 221 Å². The zero-order valence-corrected chi connectivity index (χ0v) is 42.0. The minimum absolute atomic E-state index is 0.822. The first-order valence-electron chi connectivity index (χ1n) is 22.1. The lowest BCUT2D eigenvalue weighted by atomic mass is 10.2. The number of hydrogen-bond acceptors (Lipinski definition) is 14. The quantitative estimate of drug-likeness (QED) is 0.140. The average molecular weight is 935 g/mol. The number of hydrogen-bond donors (Lipinski definition) is 0. The fraction of sp³-hybridized carbons (Fsp3) is 0.179. The van der Waals surface area contributed by atoms with Gasteiger partial charge in [-0.1, -0.05) is 60.2 Å². The maximum atomic E-state index is 3.98. The van der Waals surface area contributed by atoms with E-state index in [0.29, 0.717) is 0 Å². The summed E-state index contributed by atoms with van der Waals surface area (Å²) in [6.07, 6.45) is 29.5. The highest BCUT2D eigenvalue weighted by Gasteiger charge is 1.79. The van der Waals surface area contributed by atoms with Gasteiger partial charge >= 0.3 is 0 Å². The van der Waals surface area contributed by atoms with Crippen LogP contribution in [0.2, 0.25) is 0 Å². The van der Waals surface area contributed by atoms with Gasteiger partial charge in [-0.15, -0.1) is 0 Å². The van der Waals surface area contributed by atoms with E-state index in [1.165, 1.54) is 23.0 Å². The molecule has 0 aliphatic heterocycles. The number of nitrogens with zero attached hydrogens (tertiary/aromatic N) is 14. The van der Waals surface area contributed by atoms with Crippen molar-refractivity contribution in [1.82, 2.24) is 70.0 Å². The molecule has 0 fully saturated rings. The molecule has 9 aromatic heterocycles. The van der Waals surface area contributed by atoms with Crippen LogP contribution in [-0.2, 0) is 0 Å². The summed E-state index contributed by atoms with van der Waals surface area (Å²) in [5, 5.41) is 7.36. The predicted octanol–water partition coefficient (Wildman–Crippen LogP) is 11.5. The van der Waals surface area contributed by atoms with Gasteiger partial charge in [-0.25, -0.2) is 29.9 Å². The molecule has 14 heteroatoms. The van der Waals surface area contributed by atoms with E-state index in [-0.39, 0.29) is 0 Å². The van der Waals surface area contributed by atoms with E-state index in [1.807, 2.05) is 166 Å². The molecule has 14 nitrogen and oxygen atoms in total. The second kappa shape index (κ2) is 41.6. The van der Waals surface area contributed by atoms with Gasteiger partial charge in [-0.2, -0.15) is 10.2 Å². The molecule has 0 saturated heterocycles. The number of aryl methyl sites for hydroxylation is 10. The van der Waals surface area contributed by atoms with Crippen molar-refractivity contribution in [3.05, 3.63) is 277 Å². The van der Waals surface area contributed by atoms with Crippen LogP contribution in [0.1, 0.15) is 56.7 Å². The maximum absolute atomic E-state index is 3.98. The Bertz CT molecular complexity index is 1970. The van der Waals surface area contributed by atoms with Crippen molar-refractivity contribution >= 4 is 0 Å². The molecule has 1 aromatic carbocycles. The van der Waals surface area contributed by atoms with Crippen molar-refractivity contribution in [2.75, 3.05) is 0 Å².